The van der Waals surface area contributed by atoms with Gasteiger partial charge in [0.05, 0.1) is 0 Å². The molecule has 22 heavy (non-hydrogen) atoms. The Morgan fingerprint density at radius 2 is 1.73 bits per heavy atom. The molecule has 5 aliphatic rings. The van der Waals surface area contributed by atoms with Crippen molar-refractivity contribution in [2.45, 2.75) is 57.9 Å². The molecule has 0 atom stereocenters. The van der Waals surface area contributed by atoms with Gasteiger partial charge in [-0.25, -0.2) is 0 Å². The predicted octanol–water partition coefficient (Wildman–Crippen LogP) is 4.34. The summed E-state index contributed by atoms with van der Waals surface area (Å²) in [5, 5.41) is 3.57. The molecule has 0 unspecified atom stereocenters. The topological polar surface area (TPSA) is 12.0 Å². The van der Waals surface area contributed by atoms with Gasteiger partial charge in [0, 0.05) is 6.54 Å². The van der Waals surface area contributed by atoms with Crippen molar-refractivity contribution in [2.24, 2.45) is 29.6 Å². The normalized spacial score (nSPS) is 39.0. The van der Waals surface area contributed by atoms with Gasteiger partial charge >= 0.3 is 0 Å². The van der Waals surface area contributed by atoms with E-state index in [-0.39, 0.29) is 0 Å². The summed E-state index contributed by atoms with van der Waals surface area (Å²) in [6.07, 6.45) is 11.9. The first-order chi connectivity index (χ1) is 10.9. The monoisotopic (exact) mass is 295 g/mol. The predicted molar refractivity (Wildman–Crippen MR) is 90.7 cm³/mol. The van der Waals surface area contributed by atoms with Crippen LogP contribution >= 0.6 is 0 Å². The van der Waals surface area contributed by atoms with Crippen LogP contribution in [0.5, 0.6) is 0 Å². The van der Waals surface area contributed by atoms with Crippen LogP contribution in [0.15, 0.2) is 18.2 Å². The molecule has 0 aromatic heterocycles. The van der Waals surface area contributed by atoms with Gasteiger partial charge in [0.2, 0.25) is 0 Å². The first kappa shape index (κ1) is 13.6. The molecule has 4 fully saturated rings. The number of nitrogens with one attached hydrogen (secondary N) is 1. The molecule has 1 aliphatic heterocycles. The Hall–Kier alpha value is -0.820. The van der Waals surface area contributed by atoms with Crippen LogP contribution in [0.1, 0.15) is 55.2 Å². The van der Waals surface area contributed by atoms with Gasteiger partial charge < -0.3 is 5.32 Å². The lowest BCUT2D eigenvalue weighted by atomic mass is 9.51. The van der Waals surface area contributed by atoms with Gasteiger partial charge in [-0.3, -0.25) is 0 Å². The van der Waals surface area contributed by atoms with E-state index in [4.69, 9.17) is 0 Å². The standard InChI is InChI=1S/C21H29N/c1-2-16(21-13-22-7-6-17(21)3-1)4-5-20-18-9-14-8-15(11-18)12-19(20)10-14/h1-3,14-15,18-20,22H,4-13H2. The maximum atomic E-state index is 3.57. The van der Waals surface area contributed by atoms with Crippen LogP contribution in [0.3, 0.4) is 0 Å². The number of aryl methyl sites for hydroxylation is 1. The molecule has 0 radical (unpaired) electrons. The Labute approximate surface area is 134 Å². The summed E-state index contributed by atoms with van der Waals surface area (Å²) in [6.45, 7) is 2.26. The fourth-order valence-electron chi connectivity index (χ4n) is 6.65. The van der Waals surface area contributed by atoms with E-state index < -0.39 is 0 Å². The summed E-state index contributed by atoms with van der Waals surface area (Å²) in [4.78, 5) is 0. The number of benzene rings is 1. The molecule has 4 aliphatic carbocycles. The van der Waals surface area contributed by atoms with Crippen molar-refractivity contribution in [3.05, 3.63) is 34.9 Å². The van der Waals surface area contributed by atoms with Crippen LogP contribution in [0.4, 0.5) is 0 Å². The smallest absolute Gasteiger partial charge is 0.0211 e. The van der Waals surface area contributed by atoms with Crippen molar-refractivity contribution in [1.29, 1.82) is 0 Å². The molecule has 1 nitrogen and oxygen atoms in total. The Morgan fingerprint density at radius 1 is 0.955 bits per heavy atom. The minimum absolute atomic E-state index is 1.06. The summed E-state index contributed by atoms with van der Waals surface area (Å²) in [7, 11) is 0. The highest BCUT2D eigenvalue weighted by Crippen LogP contribution is 2.57. The van der Waals surface area contributed by atoms with Crippen LogP contribution in [0.2, 0.25) is 0 Å². The van der Waals surface area contributed by atoms with Crippen molar-refractivity contribution in [2.75, 3.05) is 6.54 Å². The lowest BCUT2D eigenvalue weighted by Gasteiger charge is -2.54. The van der Waals surface area contributed by atoms with E-state index in [0.29, 0.717) is 0 Å². The summed E-state index contributed by atoms with van der Waals surface area (Å²) < 4.78 is 0. The molecule has 0 spiro atoms. The Kier molecular flexibility index (Phi) is 3.32. The zero-order valence-corrected chi connectivity index (χ0v) is 13.7. The third kappa shape index (κ3) is 2.24. The third-order valence-electron chi connectivity index (χ3n) is 7.41. The summed E-state index contributed by atoms with van der Waals surface area (Å²) in [6, 6.07) is 7.06. The van der Waals surface area contributed by atoms with Gasteiger partial charge in [-0.2, -0.15) is 0 Å². The summed E-state index contributed by atoms with van der Waals surface area (Å²) in [5.74, 6) is 5.47. The molecule has 4 bridgehead atoms. The second-order valence-corrected chi connectivity index (χ2v) is 8.61. The quantitative estimate of drug-likeness (QED) is 0.875. The first-order valence-electron chi connectivity index (χ1n) is 9.67. The number of rotatable bonds is 3. The van der Waals surface area contributed by atoms with E-state index in [9.17, 15) is 0 Å². The Morgan fingerprint density at radius 3 is 2.50 bits per heavy atom. The fourth-order valence-corrected chi connectivity index (χ4v) is 6.65. The summed E-state index contributed by atoms with van der Waals surface area (Å²) >= 11 is 0. The molecule has 0 saturated heterocycles. The van der Waals surface area contributed by atoms with Gasteiger partial charge in [-0.05, 0) is 104 Å². The van der Waals surface area contributed by atoms with Gasteiger partial charge in [-0.1, -0.05) is 18.2 Å². The molecular weight excluding hydrogens is 266 g/mol. The van der Waals surface area contributed by atoms with Crippen LogP contribution in [0.25, 0.3) is 0 Å². The average Bonchev–Trinajstić information content (AvgIpc) is 2.54. The molecular formula is C21H29N. The molecule has 1 aromatic rings. The largest absolute Gasteiger partial charge is 0.312 e. The number of hydrogen-bond acceptors (Lipinski definition) is 1. The summed E-state index contributed by atoms with van der Waals surface area (Å²) in [5.41, 5.74) is 4.90. The minimum atomic E-state index is 1.06. The third-order valence-corrected chi connectivity index (χ3v) is 7.41. The van der Waals surface area contributed by atoms with E-state index in [1.165, 1.54) is 19.3 Å². The maximum absolute atomic E-state index is 3.57. The van der Waals surface area contributed by atoms with Crippen LogP contribution in [0, 0.1) is 29.6 Å². The van der Waals surface area contributed by atoms with E-state index in [2.05, 4.69) is 23.5 Å². The van der Waals surface area contributed by atoms with E-state index in [1.54, 1.807) is 48.8 Å². The zero-order chi connectivity index (χ0) is 14.5. The molecule has 6 rings (SSSR count). The zero-order valence-electron chi connectivity index (χ0n) is 13.7. The average molecular weight is 295 g/mol. The van der Waals surface area contributed by atoms with Crippen molar-refractivity contribution < 1.29 is 0 Å². The van der Waals surface area contributed by atoms with Gasteiger partial charge in [0.1, 0.15) is 0 Å². The Balaban J connectivity index is 1.32. The lowest BCUT2D eigenvalue weighted by molar-refractivity contribution is -0.0394. The highest BCUT2D eigenvalue weighted by atomic mass is 14.9. The highest BCUT2D eigenvalue weighted by molar-refractivity contribution is 5.37. The van der Waals surface area contributed by atoms with Crippen LogP contribution < -0.4 is 5.32 Å². The van der Waals surface area contributed by atoms with Crippen LogP contribution in [-0.4, -0.2) is 6.54 Å². The van der Waals surface area contributed by atoms with Crippen molar-refractivity contribution in [3.8, 4) is 0 Å². The Bertz CT molecular complexity index is 533. The van der Waals surface area contributed by atoms with Crippen molar-refractivity contribution in [3.63, 3.8) is 0 Å². The SMILES string of the molecule is c1cc2c(c(CCC3C4CC5CC(C4)CC3C5)c1)CNCC2. The molecule has 1 N–H and O–H groups in total. The van der Waals surface area contributed by atoms with E-state index in [1.807, 2.05) is 0 Å². The van der Waals surface area contributed by atoms with E-state index in [0.717, 1.165) is 42.7 Å². The van der Waals surface area contributed by atoms with Crippen molar-refractivity contribution >= 4 is 0 Å². The van der Waals surface area contributed by atoms with Crippen molar-refractivity contribution in [1.82, 2.24) is 5.32 Å². The second kappa shape index (κ2) is 5.37. The second-order valence-electron chi connectivity index (χ2n) is 8.61. The van der Waals surface area contributed by atoms with Gasteiger partial charge in [0.25, 0.3) is 0 Å². The molecule has 4 saturated carbocycles. The first-order valence-corrected chi connectivity index (χ1v) is 9.67. The fraction of sp³-hybridized carbons (Fsp3) is 0.714. The molecule has 1 heteroatoms. The van der Waals surface area contributed by atoms with Gasteiger partial charge in [0.15, 0.2) is 0 Å². The molecule has 1 aromatic carbocycles. The lowest BCUT2D eigenvalue weighted by Crippen LogP contribution is -2.45. The van der Waals surface area contributed by atoms with E-state index >= 15 is 0 Å². The molecule has 118 valence electrons. The molecule has 0 amide bonds. The van der Waals surface area contributed by atoms with Gasteiger partial charge in [-0.15, -0.1) is 0 Å². The maximum Gasteiger partial charge on any atom is 0.0211 e. The highest BCUT2D eigenvalue weighted by Gasteiger charge is 2.47. The molecule has 1 heterocycles. The number of hydrogen-bond donors (Lipinski definition) is 1. The number of fused-ring (bicyclic) bond motifs is 1. The van der Waals surface area contributed by atoms with Crippen LogP contribution in [-0.2, 0) is 19.4 Å². The minimum Gasteiger partial charge on any atom is -0.312 e.